The van der Waals surface area contributed by atoms with Crippen LogP contribution in [0.5, 0.6) is 5.75 Å². The first-order valence-corrected chi connectivity index (χ1v) is 7.83. The zero-order valence-electron chi connectivity index (χ0n) is 14.3. The van der Waals surface area contributed by atoms with Gasteiger partial charge >= 0.3 is 6.18 Å². The van der Waals surface area contributed by atoms with Crippen LogP contribution in [0.25, 0.3) is 11.4 Å². The molecule has 1 aromatic carbocycles. The maximum absolute atomic E-state index is 12.6. The van der Waals surface area contributed by atoms with Gasteiger partial charge in [0.15, 0.2) is 0 Å². The van der Waals surface area contributed by atoms with E-state index in [2.05, 4.69) is 15.3 Å². The Labute approximate surface area is 144 Å². The van der Waals surface area contributed by atoms with Crippen LogP contribution in [0.2, 0.25) is 0 Å². The molecular formula is C17H22F3N3O2. The molecule has 1 heterocycles. The van der Waals surface area contributed by atoms with E-state index in [1.807, 2.05) is 20.8 Å². The zero-order valence-corrected chi connectivity index (χ0v) is 14.3. The molecule has 0 amide bonds. The number of H-pyrrole nitrogens is 1. The number of halogens is 3. The van der Waals surface area contributed by atoms with Crippen molar-refractivity contribution in [1.29, 1.82) is 0 Å². The summed E-state index contributed by atoms with van der Waals surface area (Å²) in [4.78, 5) is 5.98. The quantitative estimate of drug-likeness (QED) is 0.742. The van der Waals surface area contributed by atoms with Gasteiger partial charge in [-0.1, -0.05) is 0 Å². The van der Waals surface area contributed by atoms with E-state index in [4.69, 9.17) is 4.74 Å². The second-order valence-electron chi connectivity index (χ2n) is 6.76. The minimum atomic E-state index is -4.45. The second kappa shape index (κ2) is 7.45. The van der Waals surface area contributed by atoms with Crippen LogP contribution < -0.4 is 10.1 Å². The normalized spacial score (nSPS) is 13.7. The highest BCUT2D eigenvalue weighted by Crippen LogP contribution is 2.29. The van der Waals surface area contributed by atoms with E-state index < -0.39 is 18.0 Å². The van der Waals surface area contributed by atoms with Crippen molar-refractivity contribution in [3.05, 3.63) is 36.2 Å². The molecule has 0 saturated heterocycles. The number of aromatic nitrogens is 2. The molecule has 0 saturated carbocycles. The molecule has 0 bridgehead atoms. The van der Waals surface area contributed by atoms with Crippen molar-refractivity contribution in [2.24, 2.45) is 0 Å². The van der Waals surface area contributed by atoms with Gasteiger partial charge in [-0.2, -0.15) is 13.2 Å². The summed E-state index contributed by atoms with van der Waals surface area (Å²) in [6.45, 7) is 6.50. The average molecular weight is 357 g/mol. The molecule has 3 N–H and O–H groups in total. The van der Waals surface area contributed by atoms with Crippen LogP contribution in [0, 0.1) is 0 Å². The van der Waals surface area contributed by atoms with Crippen LogP contribution in [0.4, 0.5) is 13.2 Å². The fourth-order valence-electron chi connectivity index (χ4n) is 2.00. The van der Waals surface area contributed by atoms with Crippen molar-refractivity contribution < 1.29 is 23.0 Å². The van der Waals surface area contributed by atoms with E-state index in [9.17, 15) is 18.3 Å². The summed E-state index contributed by atoms with van der Waals surface area (Å²) in [5.41, 5.74) is -0.476. The summed E-state index contributed by atoms with van der Waals surface area (Å²) in [7, 11) is 0. The minimum absolute atomic E-state index is 0.0963. The van der Waals surface area contributed by atoms with Gasteiger partial charge in [0.1, 0.15) is 30.0 Å². The fraction of sp³-hybridized carbons (Fsp3) is 0.471. The van der Waals surface area contributed by atoms with Crippen molar-refractivity contribution in [3.63, 3.8) is 0 Å². The molecule has 0 spiro atoms. The van der Waals surface area contributed by atoms with Crippen LogP contribution in [0.15, 0.2) is 30.5 Å². The number of hydrogen-bond donors (Lipinski definition) is 3. The Kier molecular flexibility index (Phi) is 5.74. The molecule has 0 radical (unpaired) electrons. The third-order valence-electron chi connectivity index (χ3n) is 3.32. The van der Waals surface area contributed by atoms with E-state index in [1.165, 1.54) is 0 Å². The summed E-state index contributed by atoms with van der Waals surface area (Å²) < 4.78 is 43.2. The number of aliphatic hydroxyl groups excluding tert-OH is 1. The van der Waals surface area contributed by atoms with Crippen molar-refractivity contribution in [2.75, 3.05) is 13.2 Å². The number of imidazole rings is 1. The number of aromatic amines is 1. The molecule has 25 heavy (non-hydrogen) atoms. The predicted octanol–water partition coefficient (Wildman–Crippen LogP) is 3.22. The largest absolute Gasteiger partial charge is 0.491 e. The number of alkyl halides is 3. The first-order chi connectivity index (χ1) is 11.5. The van der Waals surface area contributed by atoms with E-state index in [1.54, 1.807) is 24.3 Å². The van der Waals surface area contributed by atoms with Gasteiger partial charge in [-0.15, -0.1) is 0 Å². The molecule has 1 unspecified atom stereocenters. The number of aliphatic hydroxyl groups is 1. The first-order valence-electron chi connectivity index (χ1n) is 7.83. The predicted molar refractivity (Wildman–Crippen MR) is 88.3 cm³/mol. The SMILES string of the molecule is CC(C)(C)NCC(O)COc1ccc(-c2ncc(C(F)(F)F)[nH]2)cc1. The summed E-state index contributed by atoms with van der Waals surface area (Å²) in [6.07, 6.45) is -4.36. The Morgan fingerprint density at radius 3 is 2.36 bits per heavy atom. The highest BCUT2D eigenvalue weighted by Gasteiger charge is 2.33. The van der Waals surface area contributed by atoms with Crippen molar-refractivity contribution in [2.45, 2.75) is 38.6 Å². The summed E-state index contributed by atoms with van der Waals surface area (Å²) in [5.74, 6) is 0.648. The molecular weight excluding hydrogens is 335 g/mol. The van der Waals surface area contributed by atoms with Gasteiger partial charge < -0.3 is 20.1 Å². The Morgan fingerprint density at radius 1 is 1.20 bits per heavy atom. The highest BCUT2D eigenvalue weighted by molar-refractivity contribution is 5.56. The number of rotatable bonds is 6. The topological polar surface area (TPSA) is 70.2 Å². The number of nitrogens with zero attached hydrogens (tertiary/aromatic N) is 1. The van der Waals surface area contributed by atoms with Gasteiger partial charge in [-0.3, -0.25) is 0 Å². The number of ether oxygens (including phenoxy) is 1. The Bertz CT molecular complexity index is 676. The highest BCUT2D eigenvalue weighted by atomic mass is 19.4. The maximum Gasteiger partial charge on any atom is 0.432 e. The van der Waals surface area contributed by atoms with Crippen LogP contribution >= 0.6 is 0 Å². The Morgan fingerprint density at radius 2 is 1.84 bits per heavy atom. The fourth-order valence-corrected chi connectivity index (χ4v) is 2.00. The lowest BCUT2D eigenvalue weighted by Gasteiger charge is -2.22. The lowest BCUT2D eigenvalue weighted by Crippen LogP contribution is -2.42. The molecule has 5 nitrogen and oxygen atoms in total. The van der Waals surface area contributed by atoms with E-state index in [0.29, 0.717) is 17.9 Å². The van der Waals surface area contributed by atoms with Crippen LogP contribution in [0.1, 0.15) is 26.5 Å². The smallest absolute Gasteiger partial charge is 0.432 e. The minimum Gasteiger partial charge on any atom is -0.491 e. The van der Waals surface area contributed by atoms with Gasteiger partial charge in [0.2, 0.25) is 0 Å². The number of nitrogens with one attached hydrogen (secondary N) is 2. The number of β-amino-alcohol motifs (C(OH)–C–C–N with tert-alkyl or cyclic N) is 1. The molecule has 8 heteroatoms. The zero-order chi connectivity index (χ0) is 18.7. The molecule has 0 aliphatic carbocycles. The van der Waals surface area contributed by atoms with Crippen molar-refractivity contribution >= 4 is 0 Å². The average Bonchev–Trinajstić information content (AvgIpc) is 3.01. The third kappa shape index (κ3) is 6.06. The number of hydrogen-bond acceptors (Lipinski definition) is 4. The standard InChI is InChI=1S/C17H22F3N3O2/c1-16(2,3)22-8-12(24)10-25-13-6-4-11(5-7-13)15-21-9-14(23-15)17(18,19)20/h4-7,9,12,22,24H,8,10H2,1-3H3,(H,21,23). The van der Waals surface area contributed by atoms with Crippen molar-refractivity contribution in [3.8, 4) is 17.1 Å². The second-order valence-corrected chi connectivity index (χ2v) is 6.76. The third-order valence-corrected chi connectivity index (χ3v) is 3.32. The van der Waals surface area contributed by atoms with Gasteiger partial charge in [0.25, 0.3) is 0 Å². The van der Waals surface area contributed by atoms with Crippen LogP contribution in [-0.4, -0.2) is 39.9 Å². The summed E-state index contributed by atoms with van der Waals surface area (Å²) in [6, 6.07) is 6.45. The lowest BCUT2D eigenvalue weighted by molar-refractivity contribution is -0.140. The summed E-state index contributed by atoms with van der Waals surface area (Å²) in [5, 5.41) is 13.0. The Balaban J connectivity index is 1.91. The lowest BCUT2D eigenvalue weighted by atomic mass is 10.1. The molecule has 2 rings (SSSR count). The molecule has 2 aromatic rings. The van der Waals surface area contributed by atoms with E-state index >= 15 is 0 Å². The van der Waals surface area contributed by atoms with Crippen LogP contribution in [-0.2, 0) is 6.18 Å². The van der Waals surface area contributed by atoms with E-state index in [0.717, 1.165) is 6.20 Å². The first kappa shape index (κ1) is 19.3. The van der Waals surface area contributed by atoms with Gasteiger partial charge in [0, 0.05) is 17.6 Å². The van der Waals surface area contributed by atoms with E-state index in [-0.39, 0.29) is 18.0 Å². The molecule has 1 atom stereocenters. The monoisotopic (exact) mass is 357 g/mol. The van der Waals surface area contributed by atoms with Crippen LogP contribution in [0.3, 0.4) is 0 Å². The molecule has 0 aliphatic heterocycles. The molecule has 0 fully saturated rings. The van der Waals surface area contributed by atoms with Gasteiger partial charge in [0.05, 0.1) is 6.20 Å². The molecule has 0 aliphatic rings. The van der Waals surface area contributed by atoms with Gasteiger partial charge in [-0.25, -0.2) is 4.98 Å². The van der Waals surface area contributed by atoms with Gasteiger partial charge in [-0.05, 0) is 45.0 Å². The maximum atomic E-state index is 12.6. The molecule has 1 aromatic heterocycles. The molecule has 138 valence electrons. The number of benzene rings is 1. The Hall–Kier alpha value is -2.06. The van der Waals surface area contributed by atoms with Crippen molar-refractivity contribution in [1.82, 2.24) is 15.3 Å². The summed E-state index contributed by atoms with van der Waals surface area (Å²) >= 11 is 0.